The Bertz CT molecular complexity index is 523. The summed E-state index contributed by atoms with van der Waals surface area (Å²) >= 11 is 3.32. The standard InChI is InChI=1S/C13H19BrO4S/c1-9(2)19(16,17)7-6-18-13-5-4-11(14)8-12(13)10(3)15/h4-5,8-10,15H,6-7H2,1-3H3/t10-/m0/s1. The van der Waals surface area contributed by atoms with E-state index in [-0.39, 0.29) is 12.4 Å². The number of rotatable bonds is 6. The van der Waals surface area contributed by atoms with Crippen LogP contribution in [0.3, 0.4) is 0 Å². The number of benzene rings is 1. The predicted molar refractivity (Wildman–Crippen MR) is 79.2 cm³/mol. The van der Waals surface area contributed by atoms with Gasteiger partial charge in [-0.1, -0.05) is 15.9 Å². The number of aliphatic hydroxyl groups is 1. The molecule has 0 fully saturated rings. The van der Waals surface area contributed by atoms with E-state index < -0.39 is 21.2 Å². The molecule has 0 saturated carbocycles. The fourth-order valence-corrected chi connectivity index (χ4v) is 2.65. The highest BCUT2D eigenvalue weighted by Crippen LogP contribution is 2.28. The first-order chi connectivity index (χ1) is 8.74. The van der Waals surface area contributed by atoms with Crippen LogP contribution in [0, 0.1) is 0 Å². The van der Waals surface area contributed by atoms with Crippen LogP contribution in [0.2, 0.25) is 0 Å². The van der Waals surface area contributed by atoms with E-state index in [9.17, 15) is 13.5 Å². The normalized spacial score (nSPS) is 13.6. The molecule has 6 heteroatoms. The van der Waals surface area contributed by atoms with Crippen LogP contribution >= 0.6 is 15.9 Å². The third-order valence-corrected chi connectivity index (χ3v) is 5.43. The molecule has 0 spiro atoms. The van der Waals surface area contributed by atoms with Gasteiger partial charge in [-0.2, -0.15) is 0 Å². The Hall–Kier alpha value is -0.590. The SMILES string of the molecule is CC(C)S(=O)(=O)CCOc1ccc(Br)cc1[C@H](C)O. The van der Waals surface area contributed by atoms with E-state index in [0.717, 1.165) is 4.47 Å². The quantitative estimate of drug-likeness (QED) is 0.856. The van der Waals surface area contributed by atoms with Crippen molar-refractivity contribution >= 4 is 25.8 Å². The van der Waals surface area contributed by atoms with Gasteiger partial charge in [0.05, 0.1) is 17.1 Å². The van der Waals surface area contributed by atoms with Crippen molar-refractivity contribution in [2.45, 2.75) is 32.1 Å². The molecule has 19 heavy (non-hydrogen) atoms. The van der Waals surface area contributed by atoms with E-state index in [0.29, 0.717) is 11.3 Å². The maximum Gasteiger partial charge on any atom is 0.155 e. The first kappa shape index (κ1) is 16.5. The molecule has 1 N–H and O–H groups in total. The monoisotopic (exact) mass is 350 g/mol. The molecular formula is C13H19BrO4S. The fourth-order valence-electron chi connectivity index (χ4n) is 1.48. The molecule has 0 aliphatic carbocycles. The van der Waals surface area contributed by atoms with Crippen LogP contribution in [0.5, 0.6) is 5.75 Å². The van der Waals surface area contributed by atoms with Crippen LogP contribution in [0.15, 0.2) is 22.7 Å². The maximum atomic E-state index is 11.7. The average molecular weight is 351 g/mol. The third-order valence-electron chi connectivity index (χ3n) is 2.77. The highest BCUT2D eigenvalue weighted by atomic mass is 79.9. The summed E-state index contributed by atoms with van der Waals surface area (Å²) in [4.78, 5) is 0. The second-order valence-electron chi connectivity index (χ2n) is 4.62. The first-order valence-electron chi connectivity index (χ1n) is 6.06. The largest absolute Gasteiger partial charge is 0.492 e. The molecule has 1 aromatic rings. The number of sulfone groups is 1. The summed E-state index contributed by atoms with van der Waals surface area (Å²) in [7, 11) is -3.11. The topological polar surface area (TPSA) is 63.6 Å². The third kappa shape index (κ3) is 4.78. The smallest absolute Gasteiger partial charge is 0.155 e. The highest BCUT2D eigenvalue weighted by molar-refractivity contribution is 9.10. The van der Waals surface area contributed by atoms with Gasteiger partial charge in [0.15, 0.2) is 9.84 Å². The van der Waals surface area contributed by atoms with Gasteiger partial charge in [0.1, 0.15) is 12.4 Å². The van der Waals surface area contributed by atoms with E-state index in [2.05, 4.69) is 15.9 Å². The van der Waals surface area contributed by atoms with Crippen LogP contribution < -0.4 is 4.74 Å². The molecule has 108 valence electrons. The van der Waals surface area contributed by atoms with Crippen molar-refractivity contribution in [1.82, 2.24) is 0 Å². The van der Waals surface area contributed by atoms with Gasteiger partial charge in [0.25, 0.3) is 0 Å². The summed E-state index contributed by atoms with van der Waals surface area (Å²) in [6.07, 6.45) is -0.672. The van der Waals surface area contributed by atoms with Gasteiger partial charge in [0, 0.05) is 10.0 Å². The van der Waals surface area contributed by atoms with Crippen molar-refractivity contribution in [1.29, 1.82) is 0 Å². The number of hydrogen-bond acceptors (Lipinski definition) is 4. The molecule has 0 aromatic heterocycles. The minimum Gasteiger partial charge on any atom is -0.492 e. The van der Waals surface area contributed by atoms with Crippen molar-refractivity contribution in [3.05, 3.63) is 28.2 Å². The molecular weight excluding hydrogens is 332 g/mol. The lowest BCUT2D eigenvalue weighted by molar-refractivity contribution is 0.192. The van der Waals surface area contributed by atoms with Gasteiger partial charge in [0.2, 0.25) is 0 Å². The van der Waals surface area contributed by atoms with Crippen LogP contribution in [0.4, 0.5) is 0 Å². The Balaban J connectivity index is 2.74. The van der Waals surface area contributed by atoms with Crippen LogP contribution in [-0.4, -0.2) is 31.1 Å². The number of hydrogen-bond donors (Lipinski definition) is 1. The first-order valence-corrected chi connectivity index (χ1v) is 8.56. The number of aliphatic hydroxyl groups excluding tert-OH is 1. The molecule has 0 bridgehead atoms. The summed E-state index contributed by atoms with van der Waals surface area (Å²) in [6, 6.07) is 5.27. The van der Waals surface area contributed by atoms with Crippen molar-refractivity contribution in [3.63, 3.8) is 0 Å². The lowest BCUT2D eigenvalue weighted by Crippen LogP contribution is -2.22. The Labute approximate surface area is 122 Å². The van der Waals surface area contributed by atoms with E-state index in [1.807, 2.05) is 0 Å². The summed E-state index contributed by atoms with van der Waals surface area (Å²) in [6.45, 7) is 5.02. The molecule has 1 atom stereocenters. The zero-order valence-electron chi connectivity index (χ0n) is 11.3. The van der Waals surface area contributed by atoms with Crippen molar-refractivity contribution in [2.24, 2.45) is 0 Å². The number of ether oxygens (including phenoxy) is 1. The Morgan fingerprint density at radius 1 is 1.32 bits per heavy atom. The second-order valence-corrected chi connectivity index (χ2v) is 8.21. The zero-order chi connectivity index (χ0) is 14.6. The van der Waals surface area contributed by atoms with Gasteiger partial charge in [-0.05, 0) is 39.0 Å². The zero-order valence-corrected chi connectivity index (χ0v) is 13.7. The lowest BCUT2D eigenvalue weighted by Gasteiger charge is -2.14. The Morgan fingerprint density at radius 2 is 1.95 bits per heavy atom. The lowest BCUT2D eigenvalue weighted by atomic mass is 10.1. The molecule has 0 amide bonds. The van der Waals surface area contributed by atoms with Crippen LogP contribution in [-0.2, 0) is 9.84 Å². The fraction of sp³-hybridized carbons (Fsp3) is 0.538. The molecule has 1 aromatic carbocycles. The van der Waals surface area contributed by atoms with E-state index in [1.54, 1.807) is 39.0 Å². The Kier molecular flexibility index (Phi) is 5.82. The van der Waals surface area contributed by atoms with E-state index in [1.165, 1.54) is 0 Å². The second kappa shape index (κ2) is 6.72. The minimum absolute atomic E-state index is 0.0278. The Morgan fingerprint density at radius 3 is 2.47 bits per heavy atom. The molecule has 4 nitrogen and oxygen atoms in total. The number of halogens is 1. The maximum absolute atomic E-state index is 11.7. The average Bonchev–Trinajstić information content (AvgIpc) is 2.30. The van der Waals surface area contributed by atoms with Gasteiger partial charge in [-0.25, -0.2) is 8.42 Å². The summed E-state index contributed by atoms with van der Waals surface area (Å²) in [5, 5.41) is 9.25. The predicted octanol–water partition coefficient (Wildman–Crippen LogP) is 2.70. The van der Waals surface area contributed by atoms with Crippen LogP contribution in [0.1, 0.15) is 32.4 Å². The van der Waals surface area contributed by atoms with Crippen molar-refractivity contribution < 1.29 is 18.3 Å². The highest BCUT2D eigenvalue weighted by Gasteiger charge is 2.17. The summed E-state index contributed by atoms with van der Waals surface area (Å²) in [5.41, 5.74) is 0.635. The summed E-state index contributed by atoms with van der Waals surface area (Å²) in [5.74, 6) is 0.483. The summed E-state index contributed by atoms with van der Waals surface area (Å²) < 4.78 is 29.6. The van der Waals surface area contributed by atoms with E-state index >= 15 is 0 Å². The van der Waals surface area contributed by atoms with E-state index in [4.69, 9.17) is 4.74 Å². The molecule has 0 heterocycles. The van der Waals surface area contributed by atoms with Gasteiger partial charge in [-0.15, -0.1) is 0 Å². The van der Waals surface area contributed by atoms with Crippen LogP contribution in [0.25, 0.3) is 0 Å². The van der Waals surface area contributed by atoms with Gasteiger partial charge in [-0.3, -0.25) is 0 Å². The van der Waals surface area contributed by atoms with Gasteiger partial charge >= 0.3 is 0 Å². The molecule has 0 unspecified atom stereocenters. The van der Waals surface area contributed by atoms with Crippen molar-refractivity contribution in [3.8, 4) is 5.75 Å². The van der Waals surface area contributed by atoms with Crippen molar-refractivity contribution in [2.75, 3.05) is 12.4 Å². The van der Waals surface area contributed by atoms with Gasteiger partial charge < -0.3 is 9.84 Å². The molecule has 1 rings (SSSR count). The molecule has 0 radical (unpaired) electrons. The minimum atomic E-state index is -3.11. The molecule has 0 saturated heterocycles. The molecule has 0 aliphatic rings. The molecule has 0 aliphatic heterocycles.